The lowest BCUT2D eigenvalue weighted by molar-refractivity contribution is -0.107. The Hall–Kier alpha value is -0.540. The molecule has 0 aliphatic rings. The summed E-state index contributed by atoms with van der Waals surface area (Å²) in [5.41, 5.74) is 0.761. The molecule has 0 amide bonds. The van der Waals surface area contributed by atoms with E-state index in [0.29, 0.717) is 22.8 Å². The molecule has 1 aromatic carbocycles. The SMILES string of the molecule is CSc1c(F)cc(CCC=O)cc1Cl. The third-order valence-corrected chi connectivity index (χ3v) is 3.05. The number of carbonyl (C=O) groups excluding carboxylic acids is 1. The van der Waals surface area contributed by atoms with Gasteiger partial charge in [-0.2, -0.15) is 0 Å². The molecule has 1 rings (SSSR count). The summed E-state index contributed by atoms with van der Waals surface area (Å²) < 4.78 is 13.3. The predicted molar refractivity (Wildman–Crippen MR) is 57.6 cm³/mol. The third kappa shape index (κ3) is 2.72. The first kappa shape index (κ1) is 11.5. The maximum Gasteiger partial charge on any atom is 0.138 e. The molecule has 76 valence electrons. The zero-order valence-electron chi connectivity index (χ0n) is 7.72. The lowest BCUT2D eigenvalue weighted by Gasteiger charge is -2.05. The summed E-state index contributed by atoms with van der Waals surface area (Å²) in [7, 11) is 0. The molecule has 0 fully saturated rings. The standard InChI is InChI=1S/C10H10ClFOS/c1-14-10-8(11)5-7(3-2-4-13)6-9(10)12/h4-6H,2-3H2,1H3. The second kappa shape index (κ2) is 5.37. The fraction of sp³-hybridized carbons (Fsp3) is 0.300. The maximum atomic E-state index is 13.3. The van der Waals surface area contributed by atoms with Crippen LogP contribution in [-0.4, -0.2) is 12.5 Å². The largest absolute Gasteiger partial charge is 0.303 e. The highest BCUT2D eigenvalue weighted by molar-refractivity contribution is 7.98. The van der Waals surface area contributed by atoms with E-state index >= 15 is 0 Å². The lowest BCUT2D eigenvalue weighted by atomic mass is 10.1. The van der Waals surface area contributed by atoms with Crippen LogP contribution in [0, 0.1) is 5.82 Å². The minimum absolute atomic E-state index is 0.314. The second-order valence-corrected chi connectivity index (χ2v) is 4.02. The number of halogens is 2. The van der Waals surface area contributed by atoms with Crippen molar-refractivity contribution >= 4 is 29.6 Å². The molecule has 0 radical (unpaired) electrons. The fourth-order valence-electron chi connectivity index (χ4n) is 1.18. The Bertz CT molecular complexity index is 318. The van der Waals surface area contributed by atoms with E-state index in [1.54, 1.807) is 12.3 Å². The number of aldehydes is 1. The summed E-state index contributed by atoms with van der Waals surface area (Å²) in [5, 5.41) is 0.415. The highest BCUT2D eigenvalue weighted by atomic mass is 35.5. The van der Waals surface area contributed by atoms with Crippen LogP contribution in [0.25, 0.3) is 0 Å². The average molecular weight is 233 g/mol. The summed E-state index contributed by atoms with van der Waals surface area (Å²) in [6, 6.07) is 3.14. The van der Waals surface area contributed by atoms with Crippen molar-refractivity contribution in [3.8, 4) is 0 Å². The van der Waals surface area contributed by atoms with E-state index in [2.05, 4.69) is 0 Å². The monoisotopic (exact) mass is 232 g/mol. The zero-order valence-corrected chi connectivity index (χ0v) is 9.29. The number of aryl methyl sites for hydroxylation is 1. The minimum atomic E-state index is -0.314. The first-order valence-corrected chi connectivity index (χ1v) is 5.75. The van der Waals surface area contributed by atoms with Gasteiger partial charge in [-0.15, -0.1) is 11.8 Å². The van der Waals surface area contributed by atoms with Gasteiger partial charge in [-0.05, 0) is 30.4 Å². The van der Waals surface area contributed by atoms with Gasteiger partial charge in [0.05, 0.1) is 9.92 Å². The van der Waals surface area contributed by atoms with Crippen molar-refractivity contribution in [2.45, 2.75) is 17.7 Å². The van der Waals surface area contributed by atoms with E-state index in [-0.39, 0.29) is 5.82 Å². The zero-order chi connectivity index (χ0) is 10.6. The van der Waals surface area contributed by atoms with Crippen molar-refractivity contribution in [3.05, 3.63) is 28.5 Å². The van der Waals surface area contributed by atoms with Crippen molar-refractivity contribution in [2.24, 2.45) is 0 Å². The van der Waals surface area contributed by atoms with Crippen molar-refractivity contribution in [3.63, 3.8) is 0 Å². The molecule has 0 N–H and O–H groups in total. The number of thioether (sulfide) groups is 1. The molecular weight excluding hydrogens is 223 g/mol. The van der Waals surface area contributed by atoms with Crippen LogP contribution in [-0.2, 0) is 11.2 Å². The van der Waals surface area contributed by atoms with Crippen molar-refractivity contribution in [1.29, 1.82) is 0 Å². The van der Waals surface area contributed by atoms with Crippen LogP contribution in [0.4, 0.5) is 4.39 Å². The van der Waals surface area contributed by atoms with Gasteiger partial charge in [0.25, 0.3) is 0 Å². The van der Waals surface area contributed by atoms with E-state index in [0.717, 1.165) is 11.8 Å². The molecule has 0 saturated carbocycles. The smallest absolute Gasteiger partial charge is 0.138 e. The molecule has 0 aliphatic carbocycles. The molecule has 0 bridgehead atoms. The first-order valence-electron chi connectivity index (χ1n) is 4.14. The fourth-order valence-corrected chi connectivity index (χ4v) is 2.15. The van der Waals surface area contributed by atoms with Crippen LogP contribution in [0.15, 0.2) is 17.0 Å². The normalized spacial score (nSPS) is 10.2. The van der Waals surface area contributed by atoms with Crippen LogP contribution in [0.1, 0.15) is 12.0 Å². The first-order chi connectivity index (χ1) is 6.69. The molecule has 0 heterocycles. The van der Waals surface area contributed by atoms with Crippen LogP contribution < -0.4 is 0 Å². The van der Waals surface area contributed by atoms with Gasteiger partial charge in [0, 0.05) is 6.42 Å². The van der Waals surface area contributed by atoms with Crippen molar-refractivity contribution < 1.29 is 9.18 Å². The summed E-state index contributed by atoms with van der Waals surface area (Å²) in [5.74, 6) is -0.314. The highest BCUT2D eigenvalue weighted by Gasteiger charge is 2.08. The molecular formula is C10H10ClFOS. The summed E-state index contributed by atoms with van der Waals surface area (Å²) in [4.78, 5) is 10.6. The van der Waals surface area contributed by atoms with Crippen LogP contribution in [0.3, 0.4) is 0 Å². The Kier molecular flexibility index (Phi) is 4.42. The molecule has 14 heavy (non-hydrogen) atoms. The molecule has 0 aliphatic heterocycles. The third-order valence-electron chi connectivity index (χ3n) is 1.81. The van der Waals surface area contributed by atoms with Gasteiger partial charge >= 0.3 is 0 Å². The molecule has 0 spiro atoms. The molecule has 0 atom stereocenters. The Morgan fingerprint density at radius 1 is 1.57 bits per heavy atom. The number of benzene rings is 1. The van der Waals surface area contributed by atoms with Crippen LogP contribution in [0.5, 0.6) is 0 Å². The van der Waals surface area contributed by atoms with Gasteiger partial charge in [0.15, 0.2) is 0 Å². The van der Waals surface area contributed by atoms with Gasteiger partial charge < -0.3 is 4.79 Å². The minimum Gasteiger partial charge on any atom is -0.303 e. The number of carbonyl (C=O) groups is 1. The number of hydrogen-bond acceptors (Lipinski definition) is 2. The summed E-state index contributed by atoms with van der Waals surface area (Å²) in [6.07, 6.45) is 3.52. The average Bonchev–Trinajstić information content (AvgIpc) is 2.14. The summed E-state index contributed by atoms with van der Waals surface area (Å²) >= 11 is 7.14. The molecule has 1 aromatic rings. The number of rotatable bonds is 4. The quantitative estimate of drug-likeness (QED) is 0.585. The summed E-state index contributed by atoms with van der Waals surface area (Å²) in [6.45, 7) is 0. The Morgan fingerprint density at radius 2 is 2.29 bits per heavy atom. The molecule has 4 heteroatoms. The predicted octanol–water partition coefficient (Wildman–Crippen LogP) is 3.33. The van der Waals surface area contributed by atoms with Gasteiger partial charge in [0.1, 0.15) is 12.1 Å². The maximum absolute atomic E-state index is 13.3. The van der Waals surface area contributed by atoms with E-state index in [1.165, 1.54) is 17.8 Å². The molecule has 0 unspecified atom stereocenters. The molecule has 0 aromatic heterocycles. The van der Waals surface area contributed by atoms with Gasteiger partial charge in [0.2, 0.25) is 0 Å². The van der Waals surface area contributed by atoms with E-state index < -0.39 is 0 Å². The highest BCUT2D eigenvalue weighted by Crippen LogP contribution is 2.29. The topological polar surface area (TPSA) is 17.1 Å². The Balaban J connectivity index is 2.95. The second-order valence-electron chi connectivity index (χ2n) is 2.80. The molecule has 0 saturated heterocycles. The lowest BCUT2D eigenvalue weighted by Crippen LogP contribution is -1.90. The van der Waals surface area contributed by atoms with Gasteiger partial charge in [-0.3, -0.25) is 0 Å². The number of hydrogen-bond donors (Lipinski definition) is 0. The van der Waals surface area contributed by atoms with Gasteiger partial charge in [-0.25, -0.2) is 4.39 Å². The Morgan fingerprint density at radius 3 is 2.79 bits per heavy atom. The van der Waals surface area contributed by atoms with Crippen LogP contribution in [0.2, 0.25) is 5.02 Å². The Labute approximate surface area is 91.6 Å². The van der Waals surface area contributed by atoms with Gasteiger partial charge in [-0.1, -0.05) is 11.6 Å². The van der Waals surface area contributed by atoms with Crippen molar-refractivity contribution in [1.82, 2.24) is 0 Å². The molecule has 1 nitrogen and oxygen atoms in total. The van der Waals surface area contributed by atoms with Crippen molar-refractivity contribution in [2.75, 3.05) is 6.26 Å². The van der Waals surface area contributed by atoms with Crippen LogP contribution >= 0.6 is 23.4 Å². The van der Waals surface area contributed by atoms with E-state index in [4.69, 9.17) is 11.6 Å². The van der Waals surface area contributed by atoms with E-state index in [9.17, 15) is 9.18 Å². The van der Waals surface area contributed by atoms with E-state index in [1.807, 2.05) is 0 Å².